The predicted molar refractivity (Wildman–Crippen MR) is 91.0 cm³/mol. The van der Waals surface area contributed by atoms with Crippen molar-refractivity contribution in [2.75, 3.05) is 31.1 Å². The fraction of sp³-hybridized carbons (Fsp3) is 0.562. The van der Waals surface area contributed by atoms with Gasteiger partial charge in [-0.2, -0.15) is 11.8 Å². The standard InChI is InChI=1S/C16H24FN3OS/c1-2-18-15(20-11-16(21)8-10-22-12-16)19-9-7-13-5-3-4-6-14(13)17/h3-6,21H,2,7-12H2,1H3,(H2,18,19,20). The lowest BCUT2D eigenvalue weighted by molar-refractivity contribution is 0.0778. The number of halogens is 1. The molecule has 0 amide bonds. The van der Waals surface area contributed by atoms with Gasteiger partial charge in [-0.15, -0.1) is 0 Å². The quantitative estimate of drug-likeness (QED) is 0.551. The Kier molecular flexibility index (Phi) is 6.51. The van der Waals surface area contributed by atoms with Crippen LogP contribution in [0.15, 0.2) is 29.3 Å². The monoisotopic (exact) mass is 325 g/mol. The lowest BCUT2D eigenvalue weighted by Crippen LogP contribution is -2.40. The first-order valence-corrected chi connectivity index (χ1v) is 8.84. The summed E-state index contributed by atoms with van der Waals surface area (Å²) in [6.07, 6.45) is 1.38. The third-order valence-corrected chi connectivity index (χ3v) is 4.84. The summed E-state index contributed by atoms with van der Waals surface area (Å²) in [6.45, 7) is 3.74. The molecule has 22 heavy (non-hydrogen) atoms. The van der Waals surface area contributed by atoms with Gasteiger partial charge in [-0.1, -0.05) is 18.2 Å². The minimum absolute atomic E-state index is 0.177. The van der Waals surface area contributed by atoms with E-state index in [4.69, 9.17) is 0 Å². The van der Waals surface area contributed by atoms with Gasteiger partial charge in [-0.25, -0.2) is 4.39 Å². The van der Waals surface area contributed by atoms with Crippen LogP contribution in [0.3, 0.4) is 0 Å². The Bertz CT molecular complexity index is 504. The number of hydrogen-bond donors (Lipinski definition) is 3. The molecule has 0 aromatic heterocycles. The van der Waals surface area contributed by atoms with Gasteiger partial charge in [0.25, 0.3) is 0 Å². The predicted octanol–water partition coefficient (Wildman–Crippen LogP) is 1.79. The van der Waals surface area contributed by atoms with Crippen LogP contribution in [0.25, 0.3) is 0 Å². The van der Waals surface area contributed by atoms with Crippen LogP contribution in [-0.2, 0) is 6.42 Å². The molecule has 6 heteroatoms. The SMILES string of the molecule is CCNC(=NCC1(O)CCSC1)NCCc1ccccc1F. The van der Waals surface area contributed by atoms with Gasteiger partial charge in [0.05, 0.1) is 12.1 Å². The van der Waals surface area contributed by atoms with Crippen LogP contribution in [0.5, 0.6) is 0 Å². The average molecular weight is 325 g/mol. The van der Waals surface area contributed by atoms with E-state index in [0.29, 0.717) is 31.0 Å². The van der Waals surface area contributed by atoms with Crippen molar-refractivity contribution < 1.29 is 9.50 Å². The Morgan fingerprint density at radius 3 is 2.91 bits per heavy atom. The summed E-state index contributed by atoms with van der Waals surface area (Å²) < 4.78 is 13.6. The maximum atomic E-state index is 13.6. The molecule has 0 saturated carbocycles. The molecule has 0 aliphatic carbocycles. The highest BCUT2D eigenvalue weighted by Crippen LogP contribution is 2.27. The van der Waals surface area contributed by atoms with Crippen molar-refractivity contribution in [3.8, 4) is 0 Å². The van der Waals surface area contributed by atoms with Gasteiger partial charge >= 0.3 is 0 Å². The molecule has 4 nitrogen and oxygen atoms in total. The van der Waals surface area contributed by atoms with E-state index in [9.17, 15) is 9.50 Å². The van der Waals surface area contributed by atoms with Crippen molar-refractivity contribution in [2.24, 2.45) is 4.99 Å². The summed E-state index contributed by atoms with van der Waals surface area (Å²) in [5.74, 6) is 2.22. The first-order chi connectivity index (χ1) is 10.6. The van der Waals surface area contributed by atoms with E-state index in [1.807, 2.05) is 13.0 Å². The first kappa shape index (κ1) is 17.1. The average Bonchev–Trinajstić information content (AvgIpc) is 2.94. The summed E-state index contributed by atoms with van der Waals surface area (Å²) in [6, 6.07) is 6.80. The van der Waals surface area contributed by atoms with Gasteiger partial charge in [0, 0.05) is 18.8 Å². The molecule has 0 radical (unpaired) electrons. The molecule has 2 rings (SSSR count). The van der Waals surface area contributed by atoms with Gasteiger partial charge < -0.3 is 15.7 Å². The molecule has 0 spiro atoms. The molecule has 1 saturated heterocycles. The fourth-order valence-corrected chi connectivity index (χ4v) is 3.59. The number of guanidine groups is 1. The molecule has 1 aromatic rings. The molecular formula is C16H24FN3OS. The number of rotatable bonds is 6. The lowest BCUT2D eigenvalue weighted by atomic mass is 10.1. The van der Waals surface area contributed by atoms with Crippen LogP contribution < -0.4 is 10.6 Å². The van der Waals surface area contributed by atoms with Gasteiger partial charge in [-0.05, 0) is 37.1 Å². The maximum Gasteiger partial charge on any atom is 0.191 e. The van der Waals surface area contributed by atoms with E-state index in [0.717, 1.165) is 24.5 Å². The molecule has 1 heterocycles. The molecule has 1 aliphatic heterocycles. The van der Waals surface area contributed by atoms with Crippen LogP contribution in [0.2, 0.25) is 0 Å². The second-order valence-electron chi connectivity index (χ2n) is 5.49. The van der Waals surface area contributed by atoms with Gasteiger partial charge in [0.1, 0.15) is 5.82 Å². The highest BCUT2D eigenvalue weighted by molar-refractivity contribution is 7.99. The second kappa shape index (κ2) is 8.39. The third kappa shape index (κ3) is 5.18. The minimum Gasteiger partial charge on any atom is -0.387 e. The van der Waals surface area contributed by atoms with Crippen LogP contribution in [-0.4, -0.2) is 47.8 Å². The maximum absolute atomic E-state index is 13.6. The largest absolute Gasteiger partial charge is 0.387 e. The summed E-state index contributed by atoms with van der Waals surface area (Å²) in [5.41, 5.74) is 0.00937. The van der Waals surface area contributed by atoms with Gasteiger partial charge in [0.2, 0.25) is 0 Å². The van der Waals surface area contributed by atoms with Crippen LogP contribution in [0.1, 0.15) is 18.9 Å². The molecular weight excluding hydrogens is 301 g/mol. The van der Waals surface area contributed by atoms with Crippen LogP contribution in [0.4, 0.5) is 4.39 Å². The number of thioether (sulfide) groups is 1. The Morgan fingerprint density at radius 1 is 1.41 bits per heavy atom. The number of aliphatic imine (C=N–C) groups is 1. The molecule has 1 aliphatic rings. The van der Waals surface area contributed by atoms with E-state index in [2.05, 4.69) is 15.6 Å². The summed E-state index contributed by atoms with van der Waals surface area (Å²) in [4.78, 5) is 4.46. The molecule has 122 valence electrons. The Balaban J connectivity index is 1.84. The van der Waals surface area contributed by atoms with Crippen molar-refractivity contribution in [1.82, 2.24) is 10.6 Å². The molecule has 1 fully saturated rings. The summed E-state index contributed by atoms with van der Waals surface area (Å²) in [7, 11) is 0. The second-order valence-corrected chi connectivity index (χ2v) is 6.60. The highest BCUT2D eigenvalue weighted by atomic mass is 32.2. The van der Waals surface area contributed by atoms with Crippen molar-refractivity contribution in [3.63, 3.8) is 0 Å². The number of nitrogens with zero attached hydrogens (tertiary/aromatic N) is 1. The zero-order valence-electron chi connectivity index (χ0n) is 12.9. The first-order valence-electron chi connectivity index (χ1n) is 7.69. The van der Waals surface area contributed by atoms with Crippen molar-refractivity contribution in [2.45, 2.75) is 25.4 Å². The highest BCUT2D eigenvalue weighted by Gasteiger charge is 2.31. The van der Waals surface area contributed by atoms with Crippen LogP contribution >= 0.6 is 11.8 Å². The zero-order valence-corrected chi connectivity index (χ0v) is 13.8. The van der Waals surface area contributed by atoms with E-state index in [-0.39, 0.29) is 5.82 Å². The zero-order chi connectivity index (χ0) is 15.8. The minimum atomic E-state index is -0.682. The van der Waals surface area contributed by atoms with Gasteiger partial charge in [-0.3, -0.25) is 4.99 Å². The molecule has 3 N–H and O–H groups in total. The number of nitrogens with one attached hydrogen (secondary N) is 2. The van der Waals surface area contributed by atoms with Crippen molar-refractivity contribution in [3.05, 3.63) is 35.6 Å². The van der Waals surface area contributed by atoms with Crippen molar-refractivity contribution >= 4 is 17.7 Å². The van der Waals surface area contributed by atoms with E-state index >= 15 is 0 Å². The topological polar surface area (TPSA) is 56.7 Å². The van der Waals surface area contributed by atoms with E-state index < -0.39 is 5.60 Å². The summed E-state index contributed by atoms with van der Waals surface area (Å²) in [5, 5.41) is 16.7. The van der Waals surface area contributed by atoms with Crippen LogP contribution in [0, 0.1) is 5.82 Å². The molecule has 1 atom stereocenters. The number of benzene rings is 1. The van der Waals surface area contributed by atoms with E-state index in [1.54, 1.807) is 23.9 Å². The summed E-state index contributed by atoms with van der Waals surface area (Å²) >= 11 is 1.76. The molecule has 1 unspecified atom stereocenters. The Morgan fingerprint density at radius 2 is 2.23 bits per heavy atom. The van der Waals surface area contributed by atoms with Gasteiger partial charge in [0.15, 0.2) is 5.96 Å². The number of hydrogen-bond acceptors (Lipinski definition) is 3. The fourth-order valence-electron chi connectivity index (χ4n) is 2.31. The normalized spacial score (nSPS) is 21.9. The molecule has 1 aromatic carbocycles. The lowest BCUT2D eigenvalue weighted by Gasteiger charge is -2.19. The molecule has 0 bridgehead atoms. The Labute approximate surface area is 135 Å². The smallest absolute Gasteiger partial charge is 0.191 e. The van der Waals surface area contributed by atoms with E-state index in [1.165, 1.54) is 6.07 Å². The number of aliphatic hydroxyl groups is 1. The van der Waals surface area contributed by atoms with Crippen molar-refractivity contribution in [1.29, 1.82) is 0 Å². The third-order valence-electron chi connectivity index (χ3n) is 3.60. The Hall–Kier alpha value is -1.27.